The third kappa shape index (κ3) is 3.92. The fraction of sp³-hybridized carbons (Fsp3) is 0.500. The highest BCUT2D eigenvalue weighted by molar-refractivity contribution is 8.00. The second-order valence-electron chi connectivity index (χ2n) is 4.60. The summed E-state index contributed by atoms with van der Waals surface area (Å²) in [5, 5.41) is 13.7. The Bertz CT molecular complexity index is 405. The number of oxime groups is 1. The van der Waals surface area contributed by atoms with Gasteiger partial charge < -0.3 is 5.21 Å². The molecule has 1 aliphatic rings. The van der Waals surface area contributed by atoms with Gasteiger partial charge >= 0.3 is 0 Å². The van der Waals surface area contributed by atoms with E-state index in [1.807, 2.05) is 24.3 Å². The van der Waals surface area contributed by atoms with E-state index in [1.165, 1.54) is 24.2 Å². The van der Waals surface area contributed by atoms with E-state index in [0.29, 0.717) is 5.25 Å². The fourth-order valence-corrected chi connectivity index (χ4v) is 3.57. The Morgan fingerprint density at radius 3 is 2.56 bits per heavy atom. The number of hydrogen-bond donors (Lipinski definition) is 1. The maximum Gasteiger partial charge on any atom is 0.0704 e. The van der Waals surface area contributed by atoms with Crippen molar-refractivity contribution >= 4 is 29.1 Å². The summed E-state index contributed by atoms with van der Waals surface area (Å²) in [6, 6.07) is 7.87. The molecule has 98 valence electrons. The molecule has 1 fully saturated rings. The molecule has 2 nitrogen and oxygen atoms in total. The summed E-state index contributed by atoms with van der Waals surface area (Å²) in [5.41, 5.74) is 0.939. The average molecular weight is 284 g/mol. The first-order chi connectivity index (χ1) is 8.79. The first-order valence-corrected chi connectivity index (χ1v) is 7.68. The Morgan fingerprint density at radius 2 is 1.83 bits per heavy atom. The minimum atomic E-state index is 0.302. The Hall–Kier alpha value is -0.670. The summed E-state index contributed by atoms with van der Waals surface area (Å²) < 4.78 is 0. The minimum absolute atomic E-state index is 0.302. The third-order valence-electron chi connectivity index (χ3n) is 3.24. The van der Waals surface area contributed by atoms with Gasteiger partial charge in [-0.1, -0.05) is 36.0 Å². The Kier molecular flexibility index (Phi) is 5.39. The smallest absolute Gasteiger partial charge is 0.0704 e. The van der Waals surface area contributed by atoms with Crippen molar-refractivity contribution in [2.45, 2.75) is 48.7 Å². The molecule has 0 radical (unpaired) electrons. The molecule has 1 saturated carbocycles. The van der Waals surface area contributed by atoms with Crippen LogP contribution >= 0.6 is 23.4 Å². The van der Waals surface area contributed by atoms with Crippen molar-refractivity contribution < 1.29 is 5.21 Å². The zero-order valence-corrected chi connectivity index (χ0v) is 11.9. The first-order valence-electron chi connectivity index (χ1n) is 6.42. The van der Waals surface area contributed by atoms with E-state index in [0.717, 1.165) is 30.0 Å². The van der Waals surface area contributed by atoms with Crippen LogP contribution in [0.2, 0.25) is 5.02 Å². The minimum Gasteiger partial charge on any atom is -0.411 e. The predicted molar refractivity (Wildman–Crippen MR) is 78.0 cm³/mol. The summed E-state index contributed by atoms with van der Waals surface area (Å²) in [6.45, 7) is 0. The highest BCUT2D eigenvalue weighted by atomic mass is 35.5. The highest BCUT2D eigenvalue weighted by Gasteiger charge is 2.19. The van der Waals surface area contributed by atoms with Crippen LogP contribution in [-0.2, 0) is 0 Å². The van der Waals surface area contributed by atoms with Gasteiger partial charge in [0.25, 0.3) is 0 Å². The molecule has 0 saturated heterocycles. The van der Waals surface area contributed by atoms with Crippen molar-refractivity contribution in [2.24, 2.45) is 5.16 Å². The summed E-state index contributed by atoms with van der Waals surface area (Å²) in [4.78, 5) is 1.19. The number of nitrogens with zero attached hydrogens (tertiary/aromatic N) is 1. The lowest BCUT2D eigenvalue weighted by atomic mass is 9.99. The van der Waals surface area contributed by atoms with E-state index < -0.39 is 0 Å². The molecular formula is C14H18ClNOS. The van der Waals surface area contributed by atoms with Crippen molar-refractivity contribution in [2.75, 3.05) is 0 Å². The zero-order chi connectivity index (χ0) is 12.8. The Balaban J connectivity index is 2.06. The van der Waals surface area contributed by atoms with Gasteiger partial charge in [-0.15, -0.1) is 11.8 Å². The van der Waals surface area contributed by atoms with Gasteiger partial charge in [0.15, 0.2) is 0 Å². The van der Waals surface area contributed by atoms with Gasteiger partial charge in [0.1, 0.15) is 0 Å². The normalized spacial score (nSPS) is 23.6. The number of benzene rings is 1. The van der Waals surface area contributed by atoms with E-state index in [2.05, 4.69) is 5.16 Å². The highest BCUT2D eigenvalue weighted by Crippen LogP contribution is 2.31. The van der Waals surface area contributed by atoms with Crippen molar-refractivity contribution in [1.29, 1.82) is 0 Å². The van der Waals surface area contributed by atoms with Crippen molar-refractivity contribution in [1.82, 2.24) is 0 Å². The maximum atomic E-state index is 9.15. The number of thioether (sulfide) groups is 1. The Labute approximate surface area is 117 Å². The molecule has 1 aromatic rings. The molecule has 1 aliphatic carbocycles. The molecule has 0 spiro atoms. The molecule has 0 amide bonds. The van der Waals surface area contributed by atoms with Crippen LogP contribution in [0.4, 0.5) is 0 Å². The molecular weight excluding hydrogens is 266 g/mol. The van der Waals surface area contributed by atoms with Gasteiger partial charge in [-0.25, -0.2) is 0 Å². The second-order valence-corrected chi connectivity index (χ2v) is 6.32. The van der Waals surface area contributed by atoms with Crippen LogP contribution in [0.25, 0.3) is 0 Å². The van der Waals surface area contributed by atoms with Gasteiger partial charge in [0.05, 0.1) is 11.0 Å². The van der Waals surface area contributed by atoms with E-state index in [4.69, 9.17) is 16.8 Å². The molecule has 0 bridgehead atoms. The first kappa shape index (κ1) is 13.8. The second kappa shape index (κ2) is 7.05. The summed E-state index contributed by atoms with van der Waals surface area (Å²) in [5.74, 6) is 0. The fourth-order valence-electron chi connectivity index (χ4n) is 2.24. The molecule has 4 heteroatoms. The molecule has 0 heterocycles. The van der Waals surface area contributed by atoms with E-state index in [9.17, 15) is 0 Å². The van der Waals surface area contributed by atoms with E-state index >= 15 is 0 Å². The SMILES string of the molecule is O/N=C1\CCCCCC[C@H]1Sc1ccc(Cl)cc1. The number of hydrogen-bond acceptors (Lipinski definition) is 3. The lowest BCUT2D eigenvalue weighted by molar-refractivity contribution is 0.315. The maximum absolute atomic E-state index is 9.15. The number of halogens is 1. The van der Waals surface area contributed by atoms with Crippen LogP contribution in [-0.4, -0.2) is 16.2 Å². The molecule has 18 heavy (non-hydrogen) atoms. The van der Waals surface area contributed by atoms with Crippen LogP contribution in [0.1, 0.15) is 38.5 Å². The quantitative estimate of drug-likeness (QED) is 0.613. The average Bonchev–Trinajstić information content (AvgIpc) is 2.36. The van der Waals surface area contributed by atoms with Gasteiger partial charge in [-0.3, -0.25) is 0 Å². The summed E-state index contributed by atoms with van der Waals surface area (Å²) >= 11 is 7.66. The molecule has 1 N–H and O–H groups in total. The molecule has 2 rings (SSSR count). The zero-order valence-electron chi connectivity index (χ0n) is 10.3. The van der Waals surface area contributed by atoms with Gasteiger partial charge in [-0.05, 0) is 43.5 Å². The number of rotatable bonds is 2. The lowest BCUT2D eigenvalue weighted by Gasteiger charge is -2.20. The van der Waals surface area contributed by atoms with Crippen molar-refractivity contribution in [3.63, 3.8) is 0 Å². The van der Waals surface area contributed by atoms with Crippen LogP contribution < -0.4 is 0 Å². The van der Waals surface area contributed by atoms with Gasteiger partial charge in [-0.2, -0.15) is 0 Å². The summed E-state index contributed by atoms with van der Waals surface area (Å²) in [7, 11) is 0. The molecule has 1 aromatic carbocycles. The molecule has 0 aromatic heterocycles. The van der Waals surface area contributed by atoms with Crippen molar-refractivity contribution in [3.8, 4) is 0 Å². The monoisotopic (exact) mass is 283 g/mol. The third-order valence-corrected chi connectivity index (χ3v) is 4.83. The van der Waals surface area contributed by atoms with Gasteiger partial charge in [0.2, 0.25) is 0 Å². The van der Waals surface area contributed by atoms with E-state index in [1.54, 1.807) is 11.8 Å². The molecule has 0 aliphatic heterocycles. The largest absolute Gasteiger partial charge is 0.411 e. The van der Waals surface area contributed by atoms with Gasteiger partial charge in [0, 0.05) is 9.92 Å². The Morgan fingerprint density at radius 1 is 1.11 bits per heavy atom. The van der Waals surface area contributed by atoms with Crippen LogP contribution in [0.3, 0.4) is 0 Å². The van der Waals surface area contributed by atoms with Crippen LogP contribution in [0, 0.1) is 0 Å². The topological polar surface area (TPSA) is 32.6 Å². The predicted octanol–water partition coefficient (Wildman–Crippen LogP) is 4.99. The molecule has 1 atom stereocenters. The molecule has 0 unspecified atom stereocenters. The van der Waals surface area contributed by atoms with Crippen LogP contribution in [0.5, 0.6) is 0 Å². The summed E-state index contributed by atoms with van der Waals surface area (Å²) in [6.07, 6.45) is 6.89. The van der Waals surface area contributed by atoms with E-state index in [-0.39, 0.29) is 0 Å². The standard InChI is InChI=1S/C14H18ClNOS/c15-11-7-9-12(10-8-11)18-14-6-4-2-1-3-5-13(14)16-17/h7-10,14,17H,1-6H2/b16-13+/t14-/m1/s1. The van der Waals surface area contributed by atoms with Crippen LogP contribution in [0.15, 0.2) is 34.3 Å². The van der Waals surface area contributed by atoms with Crippen molar-refractivity contribution in [3.05, 3.63) is 29.3 Å². The lowest BCUT2D eigenvalue weighted by Crippen LogP contribution is -2.19.